The quantitative estimate of drug-likeness (QED) is 0.544. The molecule has 0 atom stereocenters. The van der Waals surface area contributed by atoms with Crippen molar-refractivity contribution in [1.29, 1.82) is 0 Å². The van der Waals surface area contributed by atoms with Crippen LogP contribution in [0.15, 0.2) is 18.2 Å². The van der Waals surface area contributed by atoms with Crippen LogP contribution in [0.25, 0.3) is 0 Å². The van der Waals surface area contributed by atoms with Gasteiger partial charge in [-0.05, 0) is 42.4 Å². The summed E-state index contributed by atoms with van der Waals surface area (Å²) in [6, 6.07) is 6.10. The van der Waals surface area contributed by atoms with Crippen LogP contribution in [0, 0.1) is 0 Å². The van der Waals surface area contributed by atoms with Crippen LogP contribution < -0.4 is 11.2 Å². The van der Waals surface area contributed by atoms with E-state index in [9.17, 15) is 5.02 Å². The molecule has 0 unspecified atom stereocenters. The Morgan fingerprint density at radius 3 is 3.07 bits per heavy atom. The van der Waals surface area contributed by atoms with Crippen LogP contribution in [-0.4, -0.2) is 18.7 Å². The highest BCUT2D eigenvalue weighted by Crippen LogP contribution is 2.14. The topological polar surface area (TPSA) is 55.5 Å². The number of benzene rings is 1. The van der Waals surface area contributed by atoms with Gasteiger partial charge in [-0.15, -0.1) is 0 Å². The molecule has 1 heterocycles. The third kappa shape index (κ3) is 2.22. The molecule has 1 aliphatic heterocycles. The van der Waals surface area contributed by atoms with E-state index < -0.39 is 7.12 Å². The van der Waals surface area contributed by atoms with Gasteiger partial charge in [0.2, 0.25) is 0 Å². The Balaban J connectivity index is 2.14. The molecule has 1 aromatic carbocycles. The fourth-order valence-corrected chi connectivity index (χ4v) is 2.04. The molecule has 1 aliphatic rings. The first kappa shape index (κ1) is 10.7. The SMILES string of the molecule is NCCCCc1cccc2c1B(O)OC2. The van der Waals surface area contributed by atoms with Crippen LogP contribution in [0.1, 0.15) is 24.0 Å². The van der Waals surface area contributed by atoms with Crippen molar-refractivity contribution in [3.63, 3.8) is 0 Å². The molecule has 80 valence electrons. The number of fused-ring (bicyclic) bond motifs is 1. The molecule has 1 aromatic rings. The van der Waals surface area contributed by atoms with Crippen molar-refractivity contribution in [2.45, 2.75) is 25.9 Å². The summed E-state index contributed by atoms with van der Waals surface area (Å²) in [5.74, 6) is 0. The van der Waals surface area contributed by atoms with Gasteiger partial charge in [0.05, 0.1) is 6.61 Å². The van der Waals surface area contributed by atoms with Crippen LogP contribution >= 0.6 is 0 Å². The normalized spacial score (nSPS) is 14.4. The highest BCUT2D eigenvalue weighted by Gasteiger charge is 2.29. The molecule has 0 saturated heterocycles. The molecule has 0 amide bonds. The smallest absolute Gasteiger partial charge is 0.423 e. The Hall–Kier alpha value is -0.835. The standard InChI is InChI=1S/C11H16BNO2/c13-7-2-1-4-9-5-3-6-10-8-15-12(14)11(9)10/h3,5-6,14H,1-2,4,7-8,13H2. The summed E-state index contributed by atoms with van der Waals surface area (Å²) in [4.78, 5) is 0. The van der Waals surface area contributed by atoms with Crippen LogP contribution in [0.4, 0.5) is 0 Å². The molecule has 3 nitrogen and oxygen atoms in total. The van der Waals surface area contributed by atoms with Crippen molar-refractivity contribution in [3.8, 4) is 0 Å². The summed E-state index contributed by atoms with van der Waals surface area (Å²) >= 11 is 0. The van der Waals surface area contributed by atoms with Gasteiger partial charge in [-0.2, -0.15) is 0 Å². The van der Waals surface area contributed by atoms with Gasteiger partial charge in [-0.3, -0.25) is 0 Å². The van der Waals surface area contributed by atoms with E-state index in [1.807, 2.05) is 12.1 Å². The number of hydrogen-bond acceptors (Lipinski definition) is 3. The van der Waals surface area contributed by atoms with E-state index >= 15 is 0 Å². The van der Waals surface area contributed by atoms with Crippen LogP contribution in [0.5, 0.6) is 0 Å². The monoisotopic (exact) mass is 205 g/mol. The van der Waals surface area contributed by atoms with E-state index in [0.717, 1.165) is 36.8 Å². The molecule has 0 aromatic heterocycles. The third-order valence-electron chi connectivity index (χ3n) is 2.83. The molecular weight excluding hydrogens is 189 g/mol. The number of unbranched alkanes of at least 4 members (excludes halogenated alkanes) is 1. The lowest BCUT2D eigenvalue weighted by Gasteiger charge is -2.07. The molecule has 0 spiro atoms. The summed E-state index contributed by atoms with van der Waals surface area (Å²) in [5, 5.41) is 9.67. The molecular formula is C11H16BNO2. The predicted octanol–water partition coefficient (Wildman–Crippen LogP) is 0.186. The van der Waals surface area contributed by atoms with Gasteiger partial charge in [0.1, 0.15) is 0 Å². The molecule has 15 heavy (non-hydrogen) atoms. The van der Waals surface area contributed by atoms with Gasteiger partial charge in [0.25, 0.3) is 0 Å². The van der Waals surface area contributed by atoms with Crippen molar-refractivity contribution in [1.82, 2.24) is 0 Å². The minimum atomic E-state index is -0.728. The molecule has 3 N–H and O–H groups in total. The van der Waals surface area contributed by atoms with Crippen molar-refractivity contribution < 1.29 is 9.68 Å². The van der Waals surface area contributed by atoms with E-state index in [2.05, 4.69) is 6.07 Å². The van der Waals surface area contributed by atoms with E-state index in [1.165, 1.54) is 5.56 Å². The van der Waals surface area contributed by atoms with Crippen molar-refractivity contribution >= 4 is 12.6 Å². The van der Waals surface area contributed by atoms with E-state index in [-0.39, 0.29) is 0 Å². The predicted molar refractivity (Wildman–Crippen MR) is 60.8 cm³/mol. The molecule has 0 bridgehead atoms. The minimum absolute atomic E-state index is 0.529. The zero-order valence-electron chi connectivity index (χ0n) is 8.78. The summed E-state index contributed by atoms with van der Waals surface area (Å²) in [5.41, 5.74) is 8.76. The Kier molecular flexibility index (Phi) is 3.41. The second-order valence-corrected chi connectivity index (χ2v) is 3.90. The van der Waals surface area contributed by atoms with Crippen molar-refractivity contribution in [2.75, 3.05) is 6.54 Å². The van der Waals surface area contributed by atoms with Crippen molar-refractivity contribution in [2.24, 2.45) is 5.73 Å². The van der Waals surface area contributed by atoms with Gasteiger partial charge in [-0.25, -0.2) is 0 Å². The zero-order chi connectivity index (χ0) is 10.7. The van der Waals surface area contributed by atoms with Crippen molar-refractivity contribution in [3.05, 3.63) is 29.3 Å². The molecule has 0 aliphatic carbocycles. The first-order valence-corrected chi connectivity index (χ1v) is 5.43. The largest absolute Gasteiger partial charge is 0.492 e. The first-order chi connectivity index (χ1) is 7.33. The maximum atomic E-state index is 9.67. The number of nitrogens with two attached hydrogens (primary N) is 1. The minimum Gasteiger partial charge on any atom is -0.423 e. The maximum Gasteiger partial charge on any atom is 0.492 e. The Labute approximate surface area is 90.4 Å². The molecule has 0 radical (unpaired) electrons. The first-order valence-electron chi connectivity index (χ1n) is 5.43. The highest BCUT2D eigenvalue weighted by molar-refractivity contribution is 6.62. The second-order valence-electron chi connectivity index (χ2n) is 3.90. The van der Waals surface area contributed by atoms with Crippen LogP contribution in [-0.2, 0) is 17.7 Å². The molecule has 2 rings (SSSR count). The summed E-state index contributed by atoms with van der Waals surface area (Å²) in [7, 11) is -0.728. The number of rotatable bonds is 4. The Bertz CT molecular complexity index is 343. The summed E-state index contributed by atoms with van der Waals surface area (Å²) in [6.45, 7) is 1.26. The number of hydrogen-bond donors (Lipinski definition) is 2. The van der Waals surface area contributed by atoms with Gasteiger partial charge >= 0.3 is 7.12 Å². The zero-order valence-corrected chi connectivity index (χ0v) is 8.78. The summed E-state index contributed by atoms with van der Waals surface area (Å²) in [6.07, 6.45) is 3.07. The average Bonchev–Trinajstić information content (AvgIpc) is 2.62. The Morgan fingerprint density at radius 2 is 2.27 bits per heavy atom. The second kappa shape index (κ2) is 4.79. The van der Waals surface area contributed by atoms with E-state index in [4.69, 9.17) is 10.4 Å². The third-order valence-corrected chi connectivity index (χ3v) is 2.83. The lowest BCUT2D eigenvalue weighted by molar-refractivity contribution is 0.275. The van der Waals surface area contributed by atoms with Gasteiger partial charge in [-0.1, -0.05) is 18.2 Å². The molecule has 0 fully saturated rings. The van der Waals surface area contributed by atoms with Crippen LogP contribution in [0.2, 0.25) is 0 Å². The fourth-order valence-electron chi connectivity index (χ4n) is 2.04. The molecule has 4 heteroatoms. The van der Waals surface area contributed by atoms with Crippen LogP contribution in [0.3, 0.4) is 0 Å². The lowest BCUT2D eigenvalue weighted by Crippen LogP contribution is -2.31. The summed E-state index contributed by atoms with van der Waals surface area (Å²) < 4.78 is 5.20. The fraction of sp³-hybridized carbons (Fsp3) is 0.455. The maximum absolute atomic E-state index is 9.67. The van der Waals surface area contributed by atoms with E-state index in [1.54, 1.807) is 0 Å². The van der Waals surface area contributed by atoms with Gasteiger partial charge < -0.3 is 15.4 Å². The number of aryl methyl sites for hydroxylation is 1. The van der Waals surface area contributed by atoms with E-state index in [0.29, 0.717) is 6.61 Å². The van der Waals surface area contributed by atoms with Gasteiger partial charge in [0, 0.05) is 0 Å². The van der Waals surface area contributed by atoms with Gasteiger partial charge in [0.15, 0.2) is 0 Å². The Morgan fingerprint density at radius 1 is 1.40 bits per heavy atom. The lowest BCUT2D eigenvalue weighted by atomic mass is 9.75. The average molecular weight is 205 g/mol. The highest BCUT2D eigenvalue weighted by atomic mass is 16.5. The molecule has 0 saturated carbocycles.